The van der Waals surface area contributed by atoms with Gasteiger partial charge in [-0.1, -0.05) is 11.6 Å². The van der Waals surface area contributed by atoms with Crippen LogP contribution in [0.2, 0.25) is 5.02 Å². The van der Waals surface area contributed by atoms with Gasteiger partial charge in [-0.15, -0.1) is 11.3 Å². The molecular formula is C16H17ClN4S. The van der Waals surface area contributed by atoms with Crippen molar-refractivity contribution in [2.24, 2.45) is 0 Å². The van der Waals surface area contributed by atoms with Crippen molar-refractivity contribution < 1.29 is 0 Å². The largest absolute Gasteiger partial charge is 0.368 e. The Bertz CT molecular complexity index is 698. The van der Waals surface area contributed by atoms with Gasteiger partial charge in [0.2, 0.25) is 0 Å². The second-order valence-corrected chi connectivity index (χ2v) is 6.89. The molecule has 1 fully saturated rings. The molecule has 0 amide bonds. The Hall–Kier alpha value is -1.61. The Morgan fingerprint density at radius 1 is 1.32 bits per heavy atom. The summed E-state index contributed by atoms with van der Waals surface area (Å²) in [6.07, 6.45) is 0. The summed E-state index contributed by atoms with van der Waals surface area (Å²) in [4.78, 5) is 9.20. The smallest absolute Gasteiger partial charge is 0.101 e. The summed E-state index contributed by atoms with van der Waals surface area (Å²) in [5.41, 5.74) is 2.78. The Kier molecular flexibility index (Phi) is 4.63. The lowest BCUT2D eigenvalue weighted by Gasteiger charge is -2.36. The minimum atomic E-state index is 0.609. The summed E-state index contributed by atoms with van der Waals surface area (Å²) in [6.45, 7) is 6.73. The number of piperazine rings is 1. The second kappa shape index (κ2) is 6.66. The van der Waals surface area contributed by atoms with Gasteiger partial charge in [0.05, 0.1) is 22.0 Å². The molecule has 2 aromatic rings. The number of aryl methyl sites for hydroxylation is 1. The molecule has 1 saturated heterocycles. The summed E-state index contributed by atoms with van der Waals surface area (Å²) >= 11 is 7.67. The van der Waals surface area contributed by atoms with E-state index < -0.39 is 0 Å². The van der Waals surface area contributed by atoms with E-state index in [4.69, 9.17) is 11.6 Å². The maximum Gasteiger partial charge on any atom is 0.101 e. The SMILES string of the molecule is Cc1nc(CN2CCN(c3ccc(Cl)cc3C#N)CC2)cs1. The number of aromatic nitrogens is 1. The van der Waals surface area contributed by atoms with Crippen molar-refractivity contribution in [2.75, 3.05) is 31.1 Å². The molecule has 0 spiro atoms. The molecule has 1 aromatic heterocycles. The zero-order valence-corrected chi connectivity index (χ0v) is 14.0. The Balaban J connectivity index is 1.63. The number of rotatable bonds is 3. The summed E-state index contributed by atoms with van der Waals surface area (Å²) in [5.74, 6) is 0. The lowest BCUT2D eigenvalue weighted by atomic mass is 10.1. The molecule has 4 nitrogen and oxygen atoms in total. The third kappa shape index (κ3) is 3.41. The van der Waals surface area contributed by atoms with Crippen LogP contribution in [0.1, 0.15) is 16.3 Å². The predicted octanol–water partition coefficient (Wildman–Crippen LogP) is 3.30. The van der Waals surface area contributed by atoms with E-state index in [1.807, 2.05) is 19.1 Å². The van der Waals surface area contributed by atoms with Gasteiger partial charge < -0.3 is 4.90 Å². The molecule has 0 saturated carbocycles. The first-order valence-electron chi connectivity index (χ1n) is 7.23. The van der Waals surface area contributed by atoms with Crippen molar-refractivity contribution in [1.82, 2.24) is 9.88 Å². The molecule has 22 heavy (non-hydrogen) atoms. The summed E-state index contributed by atoms with van der Waals surface area (Å²) < 4.78 is 0. The molecule has 1 aliphatic rings. The van der Waals surface area contributed by atoms with Crippen LogP contribution < -0.4 is 4.90 Å². The number of thiazole rings is 1. The molecule has 6 heteroatoms. The van der Waals surface area contributed by atoms with E-state index in [0.717, 1.165) is 49.1 Å². The summed E-state index contributed by atoms with van der Waals surface area (Å²) in [6, 6.07) is 7.77. The summed E-state index contributed by atoms with van der Waals surface area (Å²) in [5, 5.41) is 13.1. The van der Waals surface area contributed by atoms with Crippen molar-refractivity contribution in [1.29, 1.82) is 5.26 Å². The van der Waals surface area contributed by atoms with Gasteiger partial charge in [-0.2, -0.15) is 5.26 Å². The van der Waals surface area contributed by atoms with Crippen LogP contribution in [-0.2, 0) is 6.54 Å². The molecule has 0 N–H and O–H groups in total. The van der Waals surface area contributed by atoms with E-state index in [2.05, 4.69) is 26.2 Å². The van der Waals surface area contributed by atoms with Crippen LogP contribution in [0.4, 0.5) is 5.69 Å². The van der Waals surface area contributed by atoms with Gasteiger partial charge in [-0.25, -0.2) is 4.98 Å². The number of halogens is 1. The monoisotopic (exact) mass is 332 g/mol. The molecule has 1 aliphatic heterocycles. The van der Waals surface area contributed by atoms with Crippen LogP contribution in [0.15, 0.2) is 23.6 Å². The van der Waals surface area contributed by atoms with Crippen molar-refractivity contribution in [3.8, 4) is 6.07 Å². The summed E-state index contributed by atoms with van der Waals surface area (Å²) in [7, 11) is 0. The fourth-order valence-corrected chi connectivity index (χ4v) is 3.51. The van der Waals surface area contributed by atoms with Gasteiger partial charge in [0.15, 0.2) is 0 Å². The maximum atomic E-state index is 9.27. The van der Waals surface area contributed by atoms with Crippen LogP contribution in [0.3, 0.4) is 0 Å². The maximum absolute atomic E-state index is 9.27. The number of benzene rings is 1. The zero-order chi connectivity index (χ0) is 15.5. The highest BCUT2D eigenvalue weighted by Gasteiger charge is 2.20. The van der Waals surface area contributed by atoms with Crippen LogP contribution >= 0.6 is 22.9 Å². The normalized spacial score (nSPS) is 15.8. The van der Waals surface area contributed by atoms with E-state index >= 15 is 0 Å². The van der Waals surface area contributed by atoms with Crippen LogP contribution in [0, 0.1) is 18.3 Å². The number of hydrogen-bond donors (Lipinski definition) is 0. The Morgan fingerprint density at radius 2 is 2.09 bits per heavy atom. The first kappa shape index (κ1) is 15.3. The van der Waals surface area contributed by atoms with Gasteiger partial charge in [0.1, 0.15) is 6.07 Å². The highest BCUT2D eigenvalue weighted by molar-refractivity contribution is 7.09. The van der Waals surface area contributed by atoms with Crippen molar-refractivity contribution in [3.05, 3.63) is 44.9 Å². The molecular weight excluding hydrogens is 316 g/mol. The minimum absolute atomic E-state index is 0.609. The van der Waals surface area contributed by atoms with Gasteiger partial charge in [-0.05, 0) is 25.1 Å². The zero-order valence-electron chi connectivity index (χ0n) is 12.4. The number of nitriles is 1. The fourth-order valence-electron chi connectivity index (χ4n) is 2.73. The first-order valence-corrected chi connectivity index (χ1v) is 8.49. The van der Waals surface area contributed by atoms with Gasteiger partial charge in [-0.3, -0.25) is 4.90 Å². The number of nitrogens with zero attached hydrogens (tertiary/aromatic N) is 4. The first-order chi connectivity index (χ1) is 10.7. The Morgan fingerprint density at radius 3 is 2.73 bits per heavy atom. The molecule has 114 valence electrons. The van der Waals surface area contributed by atoms with Crippen molar-refractivity contribution >= 4 is 28.6 Å². The van der Waals surface area contributed by atoms with E-state index in [1.165, 1.54) is 0 Å². The number of hydrogen-bond acceptors (Lipinski definition) is 5. The molecule has 0 aliphatic carbocycles. The van der Waals surface area contributed by atoms with E-state index in [9.17, 15) is 5.26 Å². The molecule has 3 rings (SSSR count). The molecule has 2 heterocycles. The molecule has 0 radical (unpaired) electrons. The van der Waals surface area contributed by atoms with E-state index in [1.54, 1.807) is 17.4 Å². The predicted molar refractivity (Wildman–Crippen MR) is 90.5 cm³/mol. The minimum Gasteiger partial charge on any atom is -0.368 e. The topological polar surface area (TPSA) is 43.2 Å². The quantitative estimate of drug-likeness (QED) is 0.865. The lowest BCUT2D eigenvalue weighted by molar-refractivity contribution is 0.247. The molecule has 0 bridgehead atoms. The Labute approximate surface area is 139 Å². The molecule has 1 aromatic carbocycles. The third-order valence-corrected chi connectivity index (χ3v) is 4.90. The molecule has 0 unspecified atom stereocenters. The van der Waals surface area contributed by atoms with E-state index in [0.29, 0.717) is 10.6 Å². The van der Waals surface area contributed by atoms with Crippen molar-refractivity contribution in [2.45, 2.75) is 13.5 Å². The standard InChI is InChI=1S/C16H17ClN4S/c1-12-19-15(11-22-12)10-20-4-6-21(7-5-20)16-3-2-14(17)8-13(16)9-18/h2-3,8,11H,4-7,10H2,1H3. The third-order valence-electron chi connectivity index (χ3n) is 3.84. The average molecular weight is 333 g/mol. The average Bonchev–Trinajstić information content (AvgIpc) is 2.93. The van der Waals surface area contributed by atoms with Crippen LogP contribution in [-0.4, -0.2) is 36.1 Å². The van der Waals surface area contributed by atoms with Crippen LogP contribution in [0.25, 0.3) is 0 Å². The highest BCUT2D eigenvalue weighted by Crippen LogP contribution is 2.25. The number of anilines is 1. The van der Waals surface area contributed by atoms with Crippen molar-refractivity contribution in [3.63, 3.8) is 0 Å². The highest BCUT2D eigenvalue weighted by atomic mass is 35.5. The second-order valence-electron chi connectivity index (χ2n) is 5.39. The fraction of sp³-hybridized carbons (Fsp3) is 0.375. The van der Waals surface area contributed by atoms with Gasteiger partial charge in [0.25, 0.3) is 0 Å². The molecule has 0 atom stereocenters. The van der Waals surface area contributed by atoms with Crippen LogP contribution in [0.5, 0.6) is 0 Å². The van der Waals surface area contributed by atoms with Gasteiger partial charge in [0, 0.05) is 43.1 Å². The lowest BCUT2D eigenvalue weighted by Crippen LogP contribution is -2.46. The van der Waals surface area contributed by atoms with E-state index in [-0.39, 0.29) is 0 Å². The van der Waals surface area contributed by atoms with Gasteiger partial charge >= 0.3 is 0 Å².